The summed E-state index contributed by atoms with van der Waals surface area (Å²) in [6.07, 6.45) is -4.08. The third-order valence-corrected chi connectivity index (χ3v) is 2.08. The maximum Gasteiger partial charge on any atom is 0.389 e. The quantitative estimate of drug-likeness (QED) is 0.586. The van der Waals surface area contributed by atoms with E-state index in [-0.39, 0.29) is 0 Å². The smallest absolute Gasteiger partial charge is 0.356 e. The SMILES string of the molecule is O=C(CCC(F)(F)F)NCCCCBr. The van der Waals surface area contributed by atoms with E-state index < -0.39 is 24.9 Å². The Balaban J connectivity index is 3.38. The summed E-state index contributed by atoms with van der Waals surface area (Å²) in [5.41, 5.74) is 0. The number of alkyl halides is 4. The molecule has 0 aliphatic carbocycles. The monoisotopic (exact) mass is 275 g/mol. The van der Waals surface area contributed by atoms with E-state index >= 15 is 0 Å². The Morgan fingerprint density at radius 3 is 2.43 bits per heavy atom. The summed E-state index contributed by atoms with van der Waals surface area (Å²) in [7, 11) is 0. The minimum absolute atomic E-state index is 0.447. The number of carbonyl (C=O) groups is 1. The summed E-state index contributed by atoms with van der Waals surface area (Å²) in [6.45, 7) is 0.447. The van der Waals surface area contributed by atoms with E-state index in [4.69, 9.17) is 0 Å². The van der Waals surface area contributed by atoms with Crippen molar-refractivity contribution in [3.8, 4) is 0 Å². The van der Waals surface area contributed by atoms with Gasteiger partial charge in [-0.2, -0.15) is 13.2 Å². The lowest BCUT2D eigenvalue weighted by molar-refractivity contribution is -0.144. The number of amides is 1. The number of nitrogens with one attached hydrogen (secondary N) is 1. The molecule has 0 aromatic carbocycles. The number of hydrogen-bond acceptors (Lipinski definition) is 1. The van der Waals surface area contributed by atoms with Crippen LogP contribution in [0, 0.1) is 0 Å². The second kappa shape index (κ2) is 7.09. The number of unbranched alkanes of at least 4 members (excludes halogenated alkanes) is 1. The van der Waals surface area contributed by atoms with Crippen LogP contribution < -0.4 is 5.32 Å². The van der Waals surface area contributed by atoms with Crippen molar-refractivity contribution in [2.45, 2.75) is 31.9 Å². The molecule has 1 amide bonds. The summed E-state index contributed by atoms with van der Waals surface area (Å²) in [4.78, 5) is 10.8. The van der Waals surface area contributed by atoms with Crippen LogP contribution >= 0.6 is 15.9 Å². The van der Waals surface area contributed by atoms with Gasteiger partial charge >= 0.3 is 6.18 Å². The maximum atomic E-state index is 11.7. The standard InChI is InChI=1S/C8H13BrF3NO/c9-5-1-2-6-13-7(14)3-4-8(10,11)12/h1-6H2,(H,13,14). The van der Waals surface area contributed by atoms with Crippen LogP contribution in [0.25, 0.3) is 0 Å². The van der Waals surface area contributed by atoms with Crippen LogP contribution in [0.5, 0.6) is 0 Å². The molecule has 0 saturated heterocycles. The molecule has 0 radical (unpaired) electrons. The van der Waals surface area contributed by atoms with Crippen LogP contribution in [-0.2, 0) is 4.79 Å². The van der Waals surface area contributed by atoms with Gasteiger partial charge in [-0.05, 0) is 12.8 Å². The molecule has 14 heavy (non-hydrogen) atoms. The van der Waals surface area contributed by atoms with E-state index in [1.165, 1.54) is 0 Å². The van der Waals surface area contributed by atoms with Crippen molar-refractivity contribution >= 4 is 21.8 Å². The number of carbonyl (C=O) groups excluding carboxylic acids is 1. The number of hydrogen-bond donors (Lipinski definition) is 1. The van der Waals surface area contributed by atoms with Crippen LogP contribution in [0.3, 0.4) is 0 Å². The van der Waals surface area contributed by atoms with Crippen molar-refractivity contribution in [1.82, 2.24) is 5.32 Å². The molecule has 0 unspecified atom stereocenters. The van der Waals surface area contributed by atoms with Gasteiger partial charge in [-0.3, -0.25) is 4.79 Å². The Labute approximate surface area is 89.4 Å². The molecule has 0 spiro atoms. The maximum absolute atomic E-state index is 11.7. The van der Waals surface area contributed by atoms with Gasteiger partial charge in [0.2, 0.25) is 5.91 Å². The first-order chi connectivity index (χ1) is 6.45. The molecule has 2 nitrogen and oxygen atoms in total. The second-order valence-corrected chi connectivity index (χ2v) is 3.65. The van der Waals surface area contributed by atoms with Crippen molar-refractivity contribution in [1.29, 1.82) is 0 Å². The van der Waals surface area contributed by atoms with E-state index in [1.54, 1.807) is 0 Å². The second-order valence-electron chi connectivity index (χ2n) is 2.86. The Morgan fingerprint density at radius 2 is 1.93 bits per heavy atom. The predicted molar refractivity (Wildman–Crippen MR) is 51.3 cm³/mol. The Bertz CT molecular complexity index is 172. The van der Waals surface area contributed by atoms with Crippen molar-refractivity contribution in [3.05, 3.63) is 0 Å². The number of rotatable bonds is 6. The third-order valence-electron chi connectivity index (χ3n) is 1.52. The van der Waals surface area contributed by atoms with E-state index in [9.17, 15) is 18.0 Å². The molecule has 0 fully saturated rings. The number of halogens is 4. The molecule has 0 bridgehead atoms. The van der Waals surface area contributed by atoms with Crippen LogP contribution in [0.2, 0.25) is 0 Å². The molecule has 6 heteroatoms. The van der Waals surface area contributed by atoms with Crippen LogP contribution in [0.15, 0.2) is 0 Å². The van der Waals surface area contributed by atoms with E-state index in [0.717, 1.165) is 18.2 Å². The lowest BCUT2D eigenvalue weighted by Crippen LogP contribution is -2.25. The fourth-order valence-corrected chi connectivity index (χ4v) is 1.19. The van der Waals surface area contributed by atoms with Crippen molar-refractivity contribution in [3.63, 3.8) is 0 Å². The summed E-state index contributed by atoms with van der Waals surface area (Å²) < 4.78 is 35.0. The topological polar surface area (TPSA) is 29.1 Å². The molecule has 84 valence electrons. The average molecular weight is 276 g/mol. The van der Waals surface area contributed by atoms with E-state index in [2.05, 4.69) is 21.2 Å². The molecular formula is C8H13BrF3NO. The highest BCUT2D eigenvalue weighted by Crippen LogP contribution is 2.20. The fourth-order valence-electron chi connectivity index (χ4n) is 0.791. The van der Waals surface area contributed by atoms with Gasteiger partial charge in [0.25, 0.3) is 0 Å². The van der Waals surface area contributed by atoms with Crippen molar-refractivity contribution in [2.24, 2.45) is 0 Å². The predicted octanol–water partition coefficient (Wildman–Crippen LogP) is 2.62. The lowest BCUT2D eigenvalue weighted by Gasteiger charge is -2.06. The Morgan fingerprint density at radius 1 is 1.29 bits per heavy atom. The first-order valence-corrected chi connectivity index (χ1v) is 5.47. The van der Waals surface area contributed by atoms with Gasteiger partial charge in [0, 0.05) is 18.3 Å². The third kappa shape index (κ3) is 9.83. The van der Waals surface area contributed by atoms with Gasteiger partial charge in [-0.25, -0.2) is 0 Å². The minimum Gasteiger partial charge on any atom is -0.356 e. The molecule has 0 aromatic rings. The molecule has 0 aromatic heterocycles. The molecular weight excluding hydrogens is 263 g/mol. The van der Waals surface area contributed by atoms with Gasteiger partial charge < -0.3 is 5.32 Å². The Kier molecular flexibility index (Phi) is 6.96. The summed E-state index contributed by atoms with van der Waals surface area (Å²) in [5, 5.41) is 3.27. The summed E-state index contributed by atoms with van der Waals surface area (Å²) >= 11 is 3.21. The van der Waals surface area contributed by atoms with E-state index in [1.807, 2.05) is 0 Å². The summed E-state index contributed by atoms with van der Waals surface area (Å²) in [5.74, 6) is -0.531. The first kappa shape index (κ1) is 13.7. The molecule has 0 atom stereocenters. The zero-order valence-electron chi connectivity index (χ0n) is 7.66. The molecule has 0 heterocycles. The van der Waals surface area contributed by atoms with Crippen LogP contribution in [0.1, 0.15) is 25.7 Å². The first-order valence-electron chi connectivity index (χ1n) is 4.35. The zero-order chi connectivity index (χ0) is 11.0. The molecule has 0 saturated carbocycles. The van der Waals surface area contributed by atoms with Gasteiger partial charge in [-0.15, -0.1) is 0 Å². The minimum atomic E-state index is -4.24. The van der Waals surface area contributed by atoms with Crippen molar-refractivity contribution in [2.75, 3.05) is 11.9 Å². The molecule has 0 aliphatic rings. The molecule has 1 N–H and O–H groups in total. The molecule has 0 rings (SSSR count). The van der Waals surface area contributed by atoms with Gasteiger partial charge in [0.15, 0.2) is 0 Å². The highest BCUT2D eigenvalue weighted by molar-refractivity contribution is 9.09. The van der Waals surface area contributed by atoms with Gasteiger partial charge in [-0.1, -0.05) is 15.9 Å². The largest absolute Gasteiger partial charge is 0.389 e. The van der Waals surface area contributed by atoms with Gasteiger partial charge in [0.1, 0.15) is 0 Å². The van der Waals surface area contributed by atoms with Crippen molar-refractivity contribution < 1.29 is 18.0 Å². The Hall–Kier alpha value is -0.260. The lowest BCUT2D eigenvalue weighted by atomic mass is 10.3. The van der Waals surface area contributed by atoms with Gasteiger partial charge in [0.05, 0.1) is 6.42 Å². The average Bonchev–Trinajstić information content (AvgIpc) is 2.08. The highest BCUT2D eigenvalue weighted by Gasteiger charge is 2.27. The van der Waals surface area contributed by atoms with Crippen LogP contribution in [-0.4, -0.2) is 24.0 Å². The fraction of sp³-hybridized carbons (Fsp3) is 0.875. The van der Waals surface area contributed by atoms with Crippen LogP contribution in [0.4, 0.5) is 13.2 Å². The molecule has 0 aliphatic heterocycles. The zero-order valence-corrected chi connectivity index (χ0v) is 9.25. The normalized spacial score (nSPS) is 11.4. The highest BCUT2D eigenvalue weighted by atomic mass is 79.9. The van der Waals surface area contributed by atoms with E-state index in [0.29, 0.717) is 6.54 Å². The summed E-state index contributed by atoms with van der Waals surface area (Å²) in [6, 6.07) is 0.